The number of nitrogens with zero attached hydrogens (tertiary/aromatic N) is 1. The van der Waals surface area contributed by atoms with Crippen LogP contribution in [0, 0.1) is 10.1 Å². The molecule has 2 aromatic carbocycles. The Bertz CT molecular complexity index is 596. The van der Waals surface area contributed by atoms with E-state index in [2.05, 4.69) is 26.1 Å². The van der Waals surface area contributed by atoms with Crippen LogP contribution in [0.15, 0.2) is 48.5 Å². The highest BCUT2D eigenvalue weighted by Gasteiger charge is 2.09. The molecule has 0 aliphatic rings. The lowest BCUT2D eigenvalue weighted by Gasteiger charge is -2.22. The summed E-state index contributed by atoms with van der Waals surface area (Å²) in [4.78, 5) is 10.2. The average molecular weight is 270 g/mol. The van der Waals surface area contributed by atoms with Crippen LogP contribution in [0.3, 0.4) is 0 Å². The number of nitrogens with one attached hydrogen (secondary N) is 1. The molecule has 0 aliphatic carbocycles. The Hall–Kier alpha value is -2.36. The van der Waals surface area contributed by atoms with Gasteiger partial charge in [-0.3, -0.25) is 10.1 Å². The zero-order valence-electron chi connectivity index (χ0n) is 11.9. The van der Waals surface area contributed by atoms with Gasteiger partial charge in [0.25, 0.3) is 5.69 Å². The molecule has 0 bridgehead atoms. The van der Waals surface area contributed by atoms with Gasteiger partial charge < -0.3 is 5.32 Å². The molecule has 0 amide bonds. The molecule has 0 saturated heterocycles. The maximum atomic E-state index is 10.6. The lowest BCUT2D eigenvalue weighted by atomic mass is 10.0. The smallest absolute Gasteiger partial charge is 0.269 e. The van der Waals surface area contributed by atoms with Crippen molar-refractivity contribution in [2.45, 2.75) is 26.3 Å². The van der Waals surface area contributed by atoms with E-state index in [1.807, 2.05) is 24.3 Å². The minimum atomic E-state index is -0.389. The van der Waals surface area contributed by atoms with Crippen LogP contribution in [-0.4, -0.2) is 10.5 Å². The first-order chi connectivity index (χ1) is 9.35. The second-order valence-corrected chi connectivity index (χ2v) is 5.76. The first kappa shape index (κ1) is 14.1. The molecule has 20 heavy (non-hydrogen) atoms. The van der Waals surface area contributed by atoms with Gasteiger partial charge in [0.05, 0.1) is 4.92 Å². The van der Waals surface area contributed by atoms with E-state index in [4.69, 9.17) is 0 Å². The van der Waals surface area contributed by atoms with Crippen LogP contribution in [-0.2, 0) is 0 Å². The fourth-order valence-corrected chi connectivity index (χ4v) is 1.95. The molecule has 0 atom stereocenters. The Labute approximate surface area is 118 Å². The van der Waals surface area contributed by atoms with Gasteiger partial charge in [0.1, 0.15) is 0 Å². The van der Waals surface area contributed by atoms with Gasteiger partial charge in [0.15, 0.2) is 0 Å². The monoisotopic (exact) mass is 270 g/mol. The number of nitro benzene ring substituents is 1. The van der Waals surface area contributed by atoms with Crippen molar-refractivity contribution in [1.29, 1.82) is 0 Å². The molecule has 0 saturated carbocycles. The Morgan fingerprint density at radius 3 is 1.75 bits per heavy atom. The summed E-state index contributed by atoms with van der Waals surface area (Å²) in [6, 6.07) is 14.6. The third-order valence-electron chi connectivity index (χ3n) is 2.82. The van der Waals surface area contributed by atoms with Crippen molar-refractivity contribution in [2.24, 2.45) is 0 Å². The van der Waals surface area contributed by atoms with Crippen LogP contribution >= 0.6 is 0 Å². The van der Waals surface area contributed by atoms with Gasteiger partial charge in [-0.2, -0.15) is 0 Å². The van der Waals surface area contributed by atoms with Gasteiger partial charge in [-0.05, 0) is 56.2 Å². The summed E-state index contributed by atoms with van der Waals surface area (Å²) in [7, 11) is 0. The normalized spacial score (nSPS) is 11.2. The number of hydrogen-bond acceptors (Lipinski definition) is 3. The summed E-state index contributed by atoms with van der Waals surface area (Å²) >= 11 is 0. The fraction of sp³-hybridized carbons (Fsp3) is 0.250. The summed E-state index contributed by atoms with van der Waals surface area (Å²) in [5.41, 5.74) is 3.20. The van der Waals surface area contributed by atoms with Crippen molar-refractivity contribution in [2.75, 3.05) is 5.32 Å². The third-order valence-corrected chi connectivity index (χ3v) is 2.82. The van der Waals surface area contributed by atoms with E-state index < -0.39 is 0 Å². The van der Waals surface area contributed by atoms with Crippen LogP contribution in [0.5, 0.6) is 0 Å². The molecule has 0 radical (unpaired) electrons. The van der Waals surface area contributed by atoms with Crippen LogP contribution in [0.2, 0.25) is 0 Å². The summed E-state index contributed by atoms with van der Waals surface area (Å²) in [6.07, 6.45) is 0. The minimum absolute atomic E-state index is 0.0227. The highest BCUT2D eigenvalue weighted by atomic mass is 16.6. The molecule has 4 heteroatoms. The molecule has 4 nitrogen and oxygen atoms in total. The van der Waals surface area contributed by atoms with Gasteiger partial charge >= 0.3 is 0 Å². The predicted octanol–water partition coefficient (Wildman–Crippen LogP) is 4.47. The van der Waals surface area contributed by atoms with Gasteiger partial charge in [0, 0.05) is 23.4 Å². The van der Waals surface area contributed by atoms with E-state index in [0.717, 1.165) is 16.8 Å². The van der Waals surface area contributed by atoms with Crippen molar-refractivity contribution < 1.29 is 4.92 Å². The Morgan fingerprint density at radius 2 is 1.35 bits per heavy atom. The lowest BCUT2D eigenvalue weighted by molar-refractivity contribution is -0.384. The van der Waals surface area contributed by atoms with Gasteiger partial charge in [-0.25, -0.2) is 0 Å². The maximum Gasteiger partial charge on any atom is 0.269 e. The first-order valence-corrected chi connectivity index (χ1v) is 6.48. The zero-order valence-corrected chi connectivity index (χ0v) is 11.9. The minimum Gasteiger partial charge on any atom is -0.380 e. The molecule has 0 spiro atoms. The summed E-state index contributed by atoms with van der Waals surface area (Å²) < 4.78 is 0. The molecule has 1 N–H and O–H groups in total. The number of rotatable bonds is 3. The quantitative estimate of drug-likeness (QED) is 0.661. The topological polar surface area (TPSA) is 55.2 Å². The first-order valence-electron chi connectivity index (χ1n) is 6.48. The lowest BCUT2D eigenvalue weighted by Crippen LogP contribution is -2.25. The largest absolute Gasteiger partial charge is 0.380 e. The number of anilines is 1. The summed E-state index contributed by atoms with van der Waals surface area (Å²) in [5.74, 6) is 0. The third kappa shape index (κ3) is 3.57. The van der Waals surface area contributed by atoms with Crippen molar-refractivity contribution >= 4 is 11.4 Å². The molecular weight excluding hydrogens is 252 g/mol. The van der Waals surface area contributed by atoms with Crippen LogP contribution < -0.4 is 5.32 Å². The molecular formula is C16H18N2O2. The number of nitro groups is 1. The molecule has 104 valence electrons. The summed E-state index contributed by atoms with van der Waals surface area (Å²) in [5, 5.41) is 14.0. The van der Waals surface area contributed by atoms with Crippen LogP contribution in [0.25, 0.3) is 11.1 Å². The second kappa shape index (κ2) is 5.33. The van der Waals surface area contributed by atoms with Gasteiger partial charge in [-0.15, -0.1) is 0 Å². The van der Waals surface area contributed by atoms with Crippen LogP contribution in [0.1, 0.15) is 20.8 Å². The van der Waals surface area contributed by atoms with E-state index in [0.29, 0.717) is 0 Å². The number of non-ortho nitro benzene ring substituents is 1. The fourth-order valence-electron chi connectivity index (χ4n) is 1.95. The Kier molecular flexibility index (Phi) is 3.74. The van der Waals surface area contributed by atoms with Gasteiger partial charge in [-0.1, -0.05) is 12.1 Å². The van der Waals surface area contributed by atoms with E-state index in [1.54, 1.807) is 12.1 Å². The van der Waals surface area contributed by atoms with Crippen molar-refractivity contribution in [3.63, 3.8) is 0 Å². The maximum absolute atomic E-state index is 10.6. The molecule has 0 heterocycles. The molecule has 0 aliphatic heterocycles. The SMILES string of the molecule is CC(C)(C)Nc1ccc(-c2ccc([N+](=O)[O-])cc2)cc1. The van der Waals surface area contributed by atoms with Crippen molar-refractivity contribution in [3.8, 4) is 11.1 Å². The molecule has 0 unspecified atom stereocenters. The molecule has 2 rings (SSSR count). The standard InChI is InChI=1S/C16H18N2O2/c1-16(2,3)17-14-8-4-12(5-9-14)13-6-10-15(11-7-13)18(19)20/h4-11,17H,1-3H3. The molecule has 2 aromatic rings. The highest BCUT2D eigenvalue weighted by Crippen LogP contribution is 2.24. The summed E-state index contributed by atoms with van der Waals surface area (Å²) in [6.45, 7) is 6.33. The van der Waals surface area contributed by atoms with Crippen molar-refractivity contribution in [3.05, 3.63) is 58.6 Å². The average Bonchev–Trinajstić information content (AvgIpc) is 2.38. The Balaban J connectivity index is 2.19. The molecule has 0 aromatic heterocycles. The van der Waals surface area contributed by atoms with E-state index in [9.17, 15) is 10.1 Å². The number of benzene rings is 2. The van der Waals surface area contributed by atoms with E-state index >= 15 is 0 Å². The van der Waals surface area contributed by atoms with Gasteiger partial charge in [0.2, 0.25) is 0 Å². The second-order valence-electron chi connectivity index (χ2n) is 5.76. The zero-order chi connectivity index (χ0) is 14.8. The van der Waals surface area contributed by atoms with Crippen molar-refractivity contribution in [1.82, 2.24) is 0 Å². The molecule has 0 fully saturated rings. The predicted molar refractivity (Wildman–Crippen MR) is 81.9 cm³/mol. The number of hydrogen-bond donors (Lipinski definition) is 1. The Morgan fingerprint density at radius 1 is 0.900 bits per heavy atom. The van der Waals surface area contributed by atoms with Crippen LogP contribution in [0.4, 0.5) is 11.4 Å². The van der Waals surface area contributed by atoms with E-state index in [-0.39, 0.29) is 16.1 Å². The highest BCUT2D eigenvalue weighted by molar-refractivity contribution is 5.67. The van der Waals surface area contributed by atoms with E-state index in [1.165, 1.54) is 12.1 Å².